The lowest BCUT2D eigenvalue weighted by atomic mass is 10.1. The van der Waals surface area contributed by atoms with Gasteiger partial charge in [0.15, 0.2) is 23.9 Å². The summed E-state index contributed by atoms with van der Waals surface area (Å²) >= 11 is 0. The first kappa shape index (κ1) is 15.3. The molecule has 0 aliphatic heterocycles. The standard InChI is InChI=1S/C17H14N2O3/c1-21-17-11-13(5-7-16(17)22-10-8-18)4-6-15(20)14-3-2-9-19-12-14/h2-7,9,11-12H,10H2,1H3/b6-4+. The molecule has 0 radical (unpaired) electrons. The fourth-order valence-electron chi connectivity index (χ4n) is 1.79. The van der Waals surface area contributed by atoms with Crippen molar-refractivity contribution in [2.75, 3.05) is 13.7 Å². The molecule has 22 heavy (non-hydrogen) atoms. The molecule has 0 saturated heterocycles. The van der Waals surface area contributed by atoms with Gasteiger partial charge in [-0.05, 0) is 35.9 Å². The first-order valence-corrected chi connectivity index (χ1v) is 6.55. The third-order valence-corrected chi connectivity index (χ3v) is 2.85. The molecule has 110 valence electrons. The Morgan fingerprint density at radius 3 is 2.91 bits per heavy atom. The number of nitriles is 1. The van der Waals surface area contributed by atoms with Crippen LogP contribution in [0, 0.1) is 11.3 Å². The van der Waals surface area contributed by atoms with E-state index < -0.39 is 0 Å². The Labute approximate surface area is 128 Å². The first-order valence-electron chi connectivity index (χ1n) is 6.55. The molecule has 5 nitrogen and oxygen atoms in total. The molecule has 1 aromatic carbocycles. The van der Waals surface area contributed by atoms with Gasteiger partial charge in [-0.25, -0.2) is 0 Å². The molecule has 2 rings (SSSR count). The Morgan fingerprint density at radius 2 is 2.23 bits per heavy atom. The molecule has 0 unspecified atom stereocenters. The molecule has 0 saturated carbocycles. The largest absolute Gasteiger partial charge is 0.493 e. The van der Waals surface area contributed by atoms with Crippen molar-refractivity contribution in [1.29, 1.82) is 5.26 Å². The molecule has 0 bridgehead atoms. The number of aromatic nitrogens is 1. The topological polar surface area (TPSA) is 72.2 Å². The number of ether oxygens (including phenoxy) is 2. The second kappa shape index (κ2) is 7.60. The van der Waals surface area contributed by atoms with Crippen molar-refractivity contribution in [3.63, 3.8) is 0 Å². The number of rotatable bonds is 6. The second-order valence-corrected chi connectivity index (χ2v) is 4.30. The van der Waals surface area contributed by atoms with E-state index in [-0.39, 0.29) is 12.4 Å². The van der Waals surface area contributed by atoms with E-state index in [9.17, 15) is 4.79 Å². The van der Waals surface area contributed by atoms with Crippen LogP contribution in [0.4, 0.5) is 0 Å². The quantitative estimate of drug-likeness (QED) is 0.605. The number of pyridine rings is 1. The molecule has 0 amide bonds. The maximum absolute atomic E-state index is 12.0. The van der Waals surface area contributed by atoms with Gasteiger partial charge < -0.3 is 9.47 Å². The summed E-state index contributed by atoms with van der Waals surface area (Å²) < 4.78 is 10.5. The average molecular weight is 294 g/mol. The zero-order valence-corrected chi connectivity index (χ0v) is 12.0. The van der Waals surface area contributed by atoms with Gasteiger partial charge >= 0.3 is 0 Å². The summed E-state index contributed by atoms with van der Waals surface area (Å²) in [5.41, 5.74) is 1.32. The molecule has 0 aliphatic carbocycles. The van der Waals surface area contributed by atoms with E-state index in [0.717, 1.165) is 5.56 Å². The molecule has 0 aliphatic rings. The van der Waals surface area contributed by atoms with Crippen LogP contribution in [0.15, 0.2) is 48.8 Å². The van der Waals surface area contributed by atoms with Crippen LogP contribution in [0.25, 0.3) is 6.08 Å². The summed E-state index contributed by atoms with van der Waals surface area (Å²) in [7, 11) is 1.52. The van der Waals surface area contributed by atoms with Crippen molar-refractivity contribution < 1.29 is 14.3 Å². The molecular weight excluding hydrogens is 280 g/mol. The van der Waals surface area contributed by atoms with Crippen LogP contribution in [0.1, 0.15) is 15.9 Å². The highest BCUT2D eigenvalue weighted by Gasteiger charge is 2.05. The van der Waals surface area contributed by atoms with Gasteiger partial charge in [0.1, 0.15) is 6.07 Å². The van der Waals surface area contributed by atoms with Crippen molar-refractivity contribution in [3.05, 3.63) is 59.9 Å². The van der Waals surface area contributed by atoms with E-state index in [0.29, 0.717) is 17.1 Å². The number of allylic oxidation sites excluding steroid dienone is 1. The summed E-state index contributed by atoms with van der Waals surface area (Å²) in [6.07, 6.45) is 6.30. The van der Waals surface area contributed by atoms with Gasteiger partial charge in [0.05, 0.1) is 7.11 Å². The minimum Gasteiger partial charge on any atom is -0.493 e. The molecule has 2 aromatic rings. The monoisotopic (exact) mass is 294 g/mol. The highest BCUT2D eigenvalue weighted by Crippen LogP contribution is 2.28. The molecule has 0 N–H and O–H groups in total. The fraction of sp³-hybridized carbons (Fsp3) is 0.118. The highest BCUT2D eigenvalue weighted by atomic mass is 16.5. The van der Waals surface area contributed by atoms with Crippen molar-refractivity contribution in [2.45, 2.75) is 0 Å². The van der Waals surface area contributed by atoms with Gasteiger partial charge in [0, 0.05) is 18.0 Å². The third-order valence-electron chi connectivity index (χ3n) is 2.85. The number of ketones is 1. The van der Waals surface area contributed by atoms with Gasteiger partial charge in [-0.1, -0.05) is 12.1 Å². The van der Waals surface area contributed by atoms with E-state index in [1.165, 1.54) is 19.4 Å². The van der Waals surface area contributed by atoms with Crippen molar-refractivity contribution in [2.24, 2.45) is 0 Å². The molecule has 5 heteroatoms. The van der Waals surface area contributed by atoms with Crippen molar-refractivity contribution >= 4 is 11.9 Å². The summed E-state index contributed by atoms with van der Waals surface area (Å²) in [4.78, 5) is 15.9. The minimum atomic E-state index is -0.128. The molecule has 1 heterocycles. The van der Waals surface area contributed by atoms with Crippen LogP contribution >= 0.6 is 0 Å². The molecule has 1 aromatic heterocycles. The Bertz CT molecular complexity index is 718. The number of methoxy groups -OCH3 is 1. The number of nitrogens with zero attached hydrogens (tertiary/aromatic N) is 2. The molecular formula is C17H14N2O3. The van der Waals surface area contributed by atoms with Gasteiger partial charge in [-0.3, -0.25) is 9.78 Å². The summed E-state index contributed by atoms with van der Waals surface area (Å²) in [6.45, 7) is -0.0506. The third kappa shape index (κ3) is 3.93. The van der Waals surface area contributed by atoms with Crippen LogP contribution in [0.2, 0.25) is 0 Å². The average Bonchev–Trinajstić information content (AvgIpc) is 2.58. The van der Waals surface area contributed by atoms with Crippen molar-refractivity contribution in [1.82, 2.24) is 4.98 Å². The zero-order valence-electron chi connectivity index (χ0n) is 12.0. The Morgan fingerprint density at radius 1 is 1.36 bits per heavy atom. The molecule has 0 spiro atoms. The minimum absolute atomic E-state index is 0.0506. The number of carbonyl (C=O) groups is 1. The summed E-state index contributed by atoms with van der Waals surface area (Å²) in [5, 5.41) is 8.53. The SMILES string of the molecule is COc1cc(/C=C/C(=O)c2cccnc2)ccc1OCC#N. The number of carbonyl (C=O) groups excluding carboxylic acids is 1. The maximum Gasteiger partial charge on any atom is 0.187 e. The Kier molecular flexibility index (Phi) is 5.27. The Hall–Kier alpha value is -3.13. The molecule has 0 fully saturated rings. The fourth-order valence-corrected chi connectivity index (χ4v) is 1.79. The number of benzene rings is 1. The first-order chi connectivity index (χ1) is 10.7. The highest BCUT2D eigenvalue weighted by molar-refractivity contribution is 6.06. The van der Waals surface area contributed by atoms with Crippen LogP contribution in [-0.2, 0) is 0 Å². The lowest BCUT2D eigenvalue weighted by Crippen LogP contribution is -1.97. The number of hydrogen-bond acceptors (Lipinski definition) is 5. The van der Waals surface area contributed by atoms with E-state index in [4.69, 9.17) is 14.7 Å². The lowest BCUT2D eigenvalue weighted by molar-refractivity contribution is 0.104. The predicted molar refractivity (Wildman–Crippen MR) is 81.7 cm³/mol. The number of hydrogen-bond donors (Lipinski definition) is 0. The van der Waals surface area contributed by atoms with E-state index in [1.807, 2.05) is 6.07 Å². The van der Waals surface area contributed by atoms with E-state index in [1.54, 1.807) is 42.6 Å². The van der Waals surface area contributed by atoms with Crippen LogP contribution in [0.3, 0.4) is 0 Å². The van der Waals surface area contributed by atoms with Crippen LogP contribution in [-0.4, -0.2) is 24.5 Å². The van der Waals surface area contributed by atoms with Gasteiger partial charge in [0.25, 0.3) is 0 Å². The molecule has 0 atom stereocenters. The summed E-state index contributed by atoms with van der Waals surface area (Å²) in [6, 6.07) is 10.5. The normalized spacial score (nSPS) is 10.2. The van der Waals surface area contributed by atoms with Crippen molar-refractivity contribution in [3.8, 4) is 17.6 Å². The maximum atomic E-state index is 12.0. The smallest absolute Gasteiger partial charge is 0.187 e. The van der Waals surface area contributed by atoms with Crippen LogP contribution < -0.4 is 9.47 Å². The van der Waals surface area contributed by atoms with Crippen LogP contribution in [0.5, 0.6) is 11.5 Å². The predicted octanol–water partition coefficient (Wildman–Crippen LogP) is 2.89. The van der Waals surface area contributed by atoms with E-state index in [2.05, 4.69) is 4.98 Å². The summed E-state index contributed by atoms with van der Waals surface area (Å²) in [5.74, 6) is 0.864. The van der Waals surface area contributed by atoms with E-state index >= 15 is 0 Å². The second-order valence-electron chi connectivity index (χ2n) is 4.30. The van der Waals surface area contributed by atoms with Gasteiger partial charge in [0.2, 0.25) is 0 Å². The lowest BCUT2D eigenvalue weighted by Gasteiger charge is -2.08. The zero-order chi connectivity index (χ0) is 15.8. The van der Waals surface area contributed by atoms with Gasteiger partial charge in [-0.15, -0.1) is 0 Å². The van der Waals surface area contributed by atoms with Gasteiger partial charge in [-0.2, -0.15) is 5.26 Å². The Balaban J connectivity index is 2.14.